The number of alkyl halides is 3. The fourth-order valence-electron chi connectivity index (χ4n) is 2.97. The number of nitrogens with one attached hydrogen (secondary N) is 1. The molecule has 4 aromatic rings. The lowest BCUT2D eigenvalue weighted by atomic mass is 10.1. The largest absolute Gasteiger partial charge is 0.467 e. The lowest BCUT2D eigenvalue weighted by molar-refractivity contribution is -0.139. The second kappa shape index (κ2) is 8.23. The van der Waals surface area contributed by atoms with Crippen molar-refractivity contribution in [3.05, 3.63) is 89.9 Å². The fraction of sp³-hybridized carbons (Fsp3) is 0.0909. The third kappa shape index (κ3) is 4.33. The molecule has 2 aromatic carbocycles. The highest BCUT2D eigenvalue weighted by molar-refractivity contribution is 7.99. The van der Waals surface area contributed by atoms with Crippen molar-refractivity contribution in [3.8, 4) is 0 Å². The Balaban J connectivity index is 1.69. The summed E-state index contributed by atoms with van der Waals surface area (Å²) in [6.45, 7) is 0.196. The van der Waals surface area contributed by atoms with E-state index in [1.54, 1.807) is 36.4 Å². The number of amides is 1. The molecule has 0 saturated heterocycles. The van der Waals surface area contributed by atoms with Crippen molar-refractivity contribution in [1.82, 2.24) is 10.3 Å². The molecule has 0 unspecified atom stereocenters. The lowest BCUT2D eigenvalue weighted by Crippen LogP contribution is -2.23. The zero-order valence-electron chi connectivity index (χ0n) is 15.4. The van der Waals surface area contributed by atoms with E-state index in [1.807, 2.05) is 0 Å². The third-order valence-corrected chi connectivity index (χ3v) is 5.34. The first-order valence-electron chi connectivity index (χ1n) is 8.96. The van der Waals surface area contributed by atoms with E-state index in [0.717, 1.165) is 17.8 Å². The molecule has 1 amide bonds. The number of nitrogens with zero attached hydrogens (tertiary/aromatic N) is 1. The van der Waals surface area contributed by atoms with Crippen LogP contribution in [0, 0.1) is 0 Å². The van der Waals surface area contributed by atoms with E-state index < -0.39 is 11.7 Å². The second-order valence-electron chi connectivity index (χ2n) is 6.38. The second-order valence-corrected chi connectivity index (χ2v) is 7.45. The van der Waals surface area contributed by atoms with Gasteiger partial charge in [0.15, 0.2) is 0 Å². The summed E-state index contributed by atoms with van der Waals surface area (Å²) in [5.74, 6) is 0.228. The number of fused-ring (bicyclic) bond motifs is 1. The predicted molar refractivity (Wildman–Crippen MR) is 107 cm³/mol. The molecule has 0 spiro atoms. The number of aromatic nitrogens is 1. The third-order valence-electron chi connectivity index (χ3n) is 4.35. The van der Waals surface area contributed by atoms with Crippen LogP contribution in [0.5, 0.6) is 0 Å². The molecule has 0 radical (unpaired) electrons. The van der Waals surface area contributed by atoms with Gasteiger partial charge in [-0.15, -0.1) is 0 Å². The SMILES string of the molecule is O=C(NCc1ccco1)c1cc(Sc2ccccc2C(F)(F)F)nc2ccccc12. The molecule has 0 saturated carbocycles. The molecule has 0 atom stereocenters. The molecule has 30 heavy (non-hydrogen) atoms. The summed E-state index contributed by atoms with van der Waals surface area (Å²) in [4.78, 5) is 17.3. The Labute approximate surface area is 174 Å². The molecular weight excluding hydrogens is 413 g/mol. The van der Waals surface area contributed by atoms with E-state index in [4.69, 9.17) is 4.42 Å². The zero-order valence-corrected chi connectivity index (χ0v) is 16.3. The number of halogens is 3. The molecule has 0 fully saturated rings. The Morgan fingerprint density at radius 1 is 1.03 bits per heavy atom. The zero-order chi connectivity index (χ0) is 21.1. The number of para-hydroxylation sites is 1. The Bertz CT molecular complexity index is 1190. The van der Waals surface area contributed by atoms with Gasteiger partial charge in [-0.05, 0) is 36.4 Å². The van der Waals surface area contributed by atoms with Gasteiger partial charge < -0.3 is 9.73 Å². The van der Waals surface area contributed by atoms with Crippen molar-refractivity contribution in [2.75, 3.05) is 0 Å². The molecule has 8 heteroatoms. The average Bonchev–Trinajstić information content (AvgIpc) is 3.25. The van der Waals surface area contributed by atoms with Gasteiger partial charge in [-0.3, -0.25) is 4.79 Å². The minimum atomic E-state index is -4.48. The summed E-state index contributed by atoms with van der Waals surface area (Å²) >= 11 is 0.874. The van der Waals surface area contributed by atoms with Crippen molar-refractivity contribution in [2.24, 2.45) is 0 Å². The number of carbonyl (C=O) groups excluding carboxylic acids is 1. The molecule has 4 nitrogen and oxygen atoms in total. The van der Waals surface area contributed by atoms with Crippen LogP contribution in [-0.2, 0) is 12.7 Å². The van der Waals surface area contributed by atoms with Crippen molar-refractivity contribution in [1.29, 1.82) is 0 Å². The van der Waals surface area contributed by atoms with Crippen molar-refractivity contribution < 1.29 is 22.4 Å². The highest BCUT2D eigenvalue weighted by atomic mass is 32.2. The summed E-state index contributed by atoms with van der Waals surface area (Å²) in [6.07, 6.45) is -2.97. The number of benzene rings is 2. The molecule has 2 heterocycles. The van der Waals surface area contributed by atoms with Gasteiger partial charge >= 0.3 is 6.18 Å². The molecular formula is C22H15F3N2O2S. The first-order valence-corrected chi connectivity index (χ1v) is 9.78. The Hall–Kier alpha value is -3.26. The molecule has 4 rings (SSSR count). The van der Waals surface area contributed by atoms with Gasteiger partial charge in [-0.1, -0.05) is 42.1 Å². The minimum absolute atomic E-state index is 0.0229. The van der Waals surface area contributed by atoms with Crippen LogP contribution in [0.3, 0.4) is 0 Å². The highest BCUT2D eigenvalue weighted by Crippen LogP contribution is 2.39. The smallest absolute Gasteiger partial charge is 0.417 e. The maximum absolute atomic E-state index is 13.3. The molecule has 2 aromatic heterocycles. The topological polar surface area (TPSA) is 55.1 Å². The fourth-order valence-corrected chi connectivity index (χ4v) is 3.96. The standard InChI is InChI=1S/C22H15F3N2O2S/c23-22(24,25)17-8-2-4-10-19(17)30-20-12-16(15-7-1-3-9-18(15)27-20)21(28)26-13-14-6-5-11-29-14/h1-12H,13H2,(H,26,28). The molecule has 152 valence electrons. The Kier molecular flexibility index (Phi) is 5.50. The number of furan rings is 1. The Morgan fingerprint density at radius 2 is 1.80 bits per heavy atom. The molecule has 0 bridgehead atoms. The van der Waals surface area contributed by atoms with Crippen molar-refractivity contribution >= 4 is 28.6 Å². The van der Waals surface area contributed by atoms with E-state index in [1.165, 1.54) is 30.5 Å². The number of pyridine rings is 1. The van der Waals surface area contributed by atoms with Crippen molar-refractivity contribution in [3.63, 3.8) is 0 Å². The highest BCUT2D eigenvalue weighted by Gasteiger charge is 2.33. The number of hydrogen-bond donors (Lipinski definition) is 1. The van der Waals surface area contributed by atoms with E-state index in [-0.39, 0.29) is 17.3 Å². The first kappa shape index (κ1) is 20.0. The monoisotopic (exact) mass is 428 g/mol. The molecule has 1 N–H and O–H groups in total. The average molecular weight is 428 g/mol. The van der Waals surface area contributed by atoms with E-state index in [9.17, 15) is 18.0 Å². The number of carbonyl (C=O) groups is 1. The molecule has 0 aliphatic rings. The van der Waals surface area contributed by atoms with Crippen LogP contribution < -0.4 is 5.32 Å². The number of rotatable bonds is 5. The first-order chi connectivity index (χ1) is 14.4. The van der Waals surface area contributed by atoms with Gasteiger partial charge in [0.2, 0.25) is 0 Å². The summed E-state index contributed by atoms with van der Waals surface area (Å²) in [7, 11) is 0. The van der Waals surface area contributed by atoms with E-state index >= 15 is 0 Å². The van der Waals surface area contributed by atoms with Crippen LogP contribution >= 0.6 is 11.8 Å². The van der Waals surface area contributed by atoms with Crippen LogP contribution in [0.15, 0.2) is 87.3 Å². The summed E-state index contributed by atoms with van der Waals surface area (Å²) < 4.78 is 45.2. The summed E-state index contributed by atoms with van der Waals surface area (Å²) in [5.41, 5.74) is 0.114. The van der Waals surface area contributed by atoms with Crippen LogP contribution in [0.25, 0.3) is 10.9 Å². The van der Waals surface area contributed by atoms with Gasteiger partial charge in [-0.2, -0.15) is 13.2 Å². The minimum Gasteiger partial charge on any atom is -0.467 e. The Morgan fingerprint density at radius 3 is 2.57 bits per heavy atom. The van der Waals surface area contributed by atoms with Gasteiger partial charge in [0.05, 0.1) is 29.5 Å². The summed E-state index contributed by atoms with van der Waals surface area (Å²) in [5, 5.41) is 3.68. The lowest BCUT2D eigenvalue weighted by Gasteiger charge is -2.13. The molecule has 0 aliphatic carbocycles. The maximum Gasteiger partial charge on any atom is 0.417 e. The van der Waals surface area contributed by atoms with Crippen molar-refractivity contribution in [2.45, 2.75) is 22.6 Å². The maximum atomic E-state index is 13.3. The van der Waals surface area contributed by atoms with Gasteiger partial charge in [0.25, 0.3) is 5.91 Å². The molecule has 0 aliphatic heterocycles. The van der Waals surface area contributed by atoms with E-state index in [2.05, 4.69) is 10.3 Å². The normalized spacial score (nSPS) is 11.6. The quantitative estimate of drug-likeness (QED) is 0.428. The van der Waals surface area contributed by atoms with Crippen LogP contribution in [0.1, 0.15) is 21.7 Å². The van der Waals surface area contributed by atoms with E-state index in [0.29, 0.717) is 27.3 Å². The van der Waals surface area contributed by atoms with Crippen LogP contribution in [0.4, 0.5) is 13.2 Å². The number of hydrogen-bond acceptors (Lipinski definition) is 4. The van der Waals surface area contributed by atoms with Gasteiger partial charge in [0, 0.05) is 10.3 Å². The van der Waals surface area contributed by atoms with Gasteiger partial charge in [0.1, 0.15) is 10.8 Å². The van der Waals surface area contributed by atoms with Gasteiger partial charge in [-0.25, -0.2) is 4.98 Å². The summed E-state index contributed by atoms with van der Waals surface area (Å²) in [6, 6.07) is 17.3. The predicted octanol–water partition coefficient (Wildman–Crippen LogP) is 5.93. The van der Waals surface area contributed by atoms with Crippen LogP contribution in [-0.4, -0.2) is 10.9 Å². The van der Waals surface area contributed by atoms with Crippen LogP contribution in [0.2, 0.25) is 0 Å².